The molecule has 1 aliphatic rings. The van der Waals surface area contributed by atoms with Crippen LogP contribution in [0.2, 0.25) is 0 Å². The number of nitro benzene ring substituents is 1. The fourth-order valence-electron chi connectivity index (χ4n) is 2.80. The molecule has 7 nitrogen and oxygen atoms in total. The highest BCUT2D eigenvalue weighted by molar-refractivity contribution is 5.79. The molecule has 2 aromatic carbocycles. The first kappa shape index (κ1) is 15.8. The molecule has 7 heteroatoms. The Morgan fingerprint density at radius 1 is 1.17 bits per heavy atom. The van der Waals surface area contributed by atoms with Gasteiger partial charge in [0.2, 0.25) is 0 Å². The van der Waals surface area contributed by atoms with Crippen LogP contribution in [-0.4, -0.2) is 18.0 Å². The standard InChI is InChI=1S/C17H18N4O3/c1-24-14-8-4-12(5-9-14)16-10-15(19-17(18)20-16)11-2-6-13(7-3-11)21(22)23/h2-9,15-16H,10H2,1H3,(H3,18,19,20). The largest absolute Gasteiger partial charge is 0.497 e. The van der Waals surface area contributed by atoms with Crippen molar-refractivity contribution in [2.75, 3.05) is 7.11 Å². The first-order valence-corrected chi connectivity index (χ1v) is 7.55. The number of nitrogens with one attached hydrogen (secondary N) is 1. The van der Waals surface area contributed by atoms with Crippen LogP contribution in [0.3, 0.4) is 0 Å². The molecule has 1 heterocycles. The number of aliphatic imine (C=N–C) groups is 1. The van der Waals surface area contributed by atoms with E-state index in [1.807, 2.05) is 24.3 Å². The minimum atomic E-state index is -0.409. The van der Waals surface area contributed by atoms with Gasteiger partial charge in [-0.15, -0.1) is 0 Å². The van der Waals surface area contributed by atoms with Gasteiger partial charge >= 0.3 is 0 Å². The van der Waals surface area contributed by atoms with E-state index >= 15 is 0 Å². The molecule has 2 aromatic rings. The molecule has 0 radical (unpaired) electrons. The van der Waals surface area contributed by atoms with Gasteiger partial charge in [-0.1, -0.05) is 24.3 Å². The van der Waals surface area contributed by atoms with Crippen LogP contribution in [0.4, 0.5) is 5.69 Å². The summed E-state index contributed by atoms with van der Waals surface area (Å²) in [6.45, 7) is 0. The van der Waals surface area contributed by atoms with E-state index in [0.717, 1.165) is 16.9 Å². The van der Waals surface area contributed by atoms with E-state index in [-0.39, 0.29) is 17.8 Å². The lowest BCUT2D eigenvalue weighted by Gasteiger charge is -2.28. The molecule has 124 valence electrons. The number of guanidine groups is 1. The number of hydrogen-bond donors (Lipinski definition) is 2. The second-order valence-electron chi connectivity index (χ2n) is 5.58. The van der Waals surface area contributed by atoms with Gasteiger partial charge in [0.1, 0.15) is 5.75 Å². The number of non-ortho nitro benzene ring substituents is 1. The summed E-state index contributed by atoms with van der Waals surface area (Å²) in [5.41, 5.74) is 7.99. The van der Waals surface area contributed by atoms with Crippen LogP contribution >= 0.6 is 0 Å². The van der Waals surface area contributed by atoms with Crippen molar-refractivity contribution in [1.82, 2.24) is 5.32 Å². The molecule has 0 saturated carbocycles. The van der Waals surface area contributed by atoms with E-state index in [4.69, 9.17) is 10.5 Å². The monoisotopic (exact) mass is 326 g/mol. The summed E-state index contributed by atoms with van der Waals surface area (Å²) < 4.78 is 5.17. The Bertz CT molecular complexity index is 756. The lowest BCUT2D eigenvalue weighted by atomic mass is 9.94. The van der Waals surface area contributed by atoms with Crippen molar-refractivity contribution in [3.05, 3.63) is 69.8 Å². The molecule has 0 aromatic heterocycles. The Morgan fingerprint density at radius 2 is 1.79 bits per heavy atom. The summed E-state index contributed by atoms with van der Waals surface area (Å²) in [4.78, 5) is 14.8. The van der Waals surface area contributed by atoms with Crippen molar-refractivity contribution in [2.24, 2.45) is 10.7 Å². The molecule has 0 bridgehead atoms. The third-order valence-corrected chi connectivity index (χ3v) is 4.08. The molecule has 3 N–H and O–H groups in total. The van der Waals surface area contributed by atoms with Gasteiger partial charge in [-0.3, -0.25) is 10.1 Å². The van der Waals surface area contributed by atoms with Crippen LogP contribution in [0.25, 0.3) is 0 Å². The number of nitrogens with two attached hydrogens (primary N) is 1. The first-order valence-electron chi connectivity index (χ1n) is 7.55. The molecule has 24 heavy (non-hydrogen) atoms. The summed E-state index contributed by atoms with van der Waals surface area (Å²) in [6, 6.07) is 14.1. The van der Waals surface area contributed by atoms with E-state index < -0.39 is 4.92 Å². The number of benzene rings is 2. The maximum Gasteiger partial charge on any atom is 0.269 e. The highest BCUT2D eigenvalue weighted by Crippen LogP contribution is 2.33. The van der Waals surface area contributed by atoms with Gasteiger partial charge in [0, 0.05) is 12.1 Å². The third kappa shape index (κ3) is 3.29. The average Bonchev–Trinajstić information content (AvgIpc) is 2.61. The second kappa shape index (κ2) is 6.57. The zero-order valence-electron chi connectivity index (χ0n) is 13.2. The van der Waals surface area contributed by atoms with Gasteiger partial charge in [-0.05, 0) is 29.7 Å². The Kier molecular flexibility index (Phi) is 4.33. The first-order chi connectivity index (χ1) is 11.6. The molecular formula is C17H18N4O3. The van der Waals surface area contributed by atoms with Gasteiger partial charge < -0.3 is 15.8 Å². The number of ether oxygens (including phenoxy) is 1. The van der Waals surface area contributed by atoms with Crippen LogP contribution in [0.1, 0.15) is 29.6 Å². The van der Waals surface area contributed by atoms with Crippen LogP contribution in [0, 0.1) is 10.1 Å². The Labute approximate surface area is 139 Å². The molecule has 2 atom stereocenters. The van der Waals surface area contributed by atoms with E-state index in [2.05, 4.69) is 10.3 Å². The van der Waals surface area contributed by atoms with Gasteiger partial charge in [-0.25, -0.2) is 4.99 Å². The Hall–Kier alpha value is -3.09. The smallest absolute Gasteiger partial charge is 0.269 e. The zero-order chi connectivity index (χ0) is 17.1. The Morgan fingerprint density at radius 3 is 2.38 bits per heavy atom. The van der Waals surface area contributed by atoms with Gasteiger partial charge in [0.15, 0.2) is 5.96 Å². The molecule has 2 unspecified atom stereocenters. The zero-order valence-corrected chi connectivity index (χ0v) is 13.2. The van der Waals surface area contributed by atoms with E-state index in [9.17, 15) is 10.1 Å². The maximum atomic E-state index is 10.8. The van der Waals surface area contributed by atoms with Crippen molar-refractivity contribution in [3.63, 3.8) is 0 Å². The fourth-order valence-corrected chi connectivity index (χ4v) is 2.80. The number of methoxy groups -OCH3 is 1. The maximum absolute atomic E-state index is 10.8. The fraction of sp³-hybridized carbons (Fsp3) is 0.235. The lowest BCUT2D eigenvalue weighted by molar-refractivity contribution is -0.384. The van der Waals surface area contributed by atoms with Crippen molar-refractivity contribution in [2.45, 2.75) is 18.5 Å². The molecule has 0 spiro atoms. The van der Waals surface area contributed by atoms with Crippen LogP contribution in [-0.2, 0) is 0 Å². The SMILES string of the molecule is COc1ccc(C2CC(c3ccc([N+](=O)[O-])cc3)NC(N)=N2)cc1. The van der Waals surface area contributed by atoms with E-state index in [1.165, 1.54) is 12.1 Å². The molecule has 0 saturated heterocycles. The summed E-state index contributed by atoms with van der Waals surface area (Å²) in [7, 11) is 1.63. The van der Waals surface area contributed by atoms with Crippen LogP contribution in [0.5, 0.6) is 5.75 Å². The lowest BCUT2D eigenvalue weighted by Crippen LogP contribution is -2.39. The number of nitro groups is 1. The molecule has 3 rings (SSSR count). The molecular weight excluding hydrogens is 308 g/mol. The van der Waals surface area contributed by atoms with Crippen molar-refractivity contribution in [3.8, 4) is 5.75 Å². The van der Waals surface area contributed by atoms with Gasteiger partial charge in [0.25, 0.3) is 5.69 Å². The highest BCUT2D eigenvalue weighted by Gasteiger charge is 2.25. The second-order valence-corrected chi connectivity index (χ2v) is 5.58. The van der Waals surface area contributed by atoms with Crippen molar-refractivity contribution >= 4 is 11.6 Å². The summed E-state index contributed by atoms with van der Waals surface area (Å²) >= 11 is 0. The average molecular weight is 326 g/mol. The van der Waals surface area contributed by atoms with Gasteiger partial charge in [0.05, 0.1) is 24.1 Å². The number of nitrogens with zero attached hydrogens (tertiary/aromatic N) is 2. The predicted molar refractivity (Wildman–Crippen MR) is 90.9 cm³/mol. The number of hydrogen-bond acceptors (Lipinski definition) is 6. The Balaban J connectivity index is 1.81. The minimum Gasteiger partial charge on any atom is -0.497 e. The molecule has 0 fully saturated rings. The van der Waals surface area contributed by atoms with E-state index in [1.54, 1.807) is 19.2 Å². The predicted octanol–water partition coefficient (Wildman–Crippen LogP) is 2.69. The van der Waals surface area contributed by atoms with E-state index in [0.29, 0.717) is 12.4 Å². The topological polar surface area (TPSA) is 103 Å². The summed E-state index contributed by atoms with van der Waals surface area (Å²) in [6.07, 6.45) is 0.713. The van der Waals surface area contributed by atoms with Crippen molar-refractivity contribution in [1.29, 1.82) is 0 Å². The van der Waals surface area contributed by atoms with Gasteiger partial charge in [-0.2, -0.15) is 0 Å². The summed E-state index contributed by atoms with van der Waals surface area (Å²) in [5, 5.41) is 13.9. The quantitative estimate of drug-likeness (QED) is 0.664. The highest BCUT2D eigenvalue weighted by atomic mass is 16.6. The molecule has 1 aliphatic heterocycles. The van der Waals surface area contributed by atoms with Crippen LogP contribution in [0.15, 0.2) is 53.5 Å². The minimum absolute atomic E-state index is 0.0459. The normalized spacial score (nSPS) is 20.0. The number of rotatable bonds is 4. The van der Waals surface area contributed by atoms with Crippen molar-refractivity contribution < 1.29 is 9.66 Å². The summed E-state index contributed by atoms with van der Waals surface area (Å²) in [5.74, 6) is 1.15. The molecule has 0 aliphatic carbocycles. The third-order valence-electron chi connectivity index (χ3n) is 4.08. The van der Waals surface area contributed by atoms with Crippen LogP contribution < -0.4 is 15.8 Å². The molecule has 0 amide bonds.